The maximum Gasteiger partial charge on any atom is 0.179 e. The van der Waals surface area contributed by atoms with Crippen LogP contribution < -0.4 is 4.74 Å². The van der Waals surface area contributed by atoms with Crippen molar-refractivity contribution in [2.75, 3.05) is 26.9 Å². The molecule has 1 aromatic rings. The van der Waals surface area contributed by atoms with Gasteiger partial charge in [0.15, 0.2) is 5.78 Å². The third-order valence-electron chi connectivity index (χ3n) is 2.95. The molecule has 0 aromatic heterocycles. The Hall–Kier alpha value is -0.910. The molecule has 1 N–H and O–H groups in total. The Balaban J connectivity index is 2.39. The average Bonchev–Trinajstić information content (AvgIpc) is 2.28. The van der Waals surface area contributed by atoms with E-state index in [0.29, 0.717) is 11.3 Å². The summed E-state index contributed by atoms with van der Waals surface area (Å²) in [7, 11) is 1.52. The molecule has 0 radical (unpaired) electrons. The quantitative estimate of drug-likeness (QED) is 0.859. The lowest BCUT2D eigenvalue weighted by Gasteiger charge is -2.38. The van der Waals surface area contributed by atoms with Crippen LogP contribution in [-0.2, 0) is 4.74 Å². The van der Waals surface area contributed by atoms with Gasteiger partial charge in [-0.1, -0.05) is 15.9 Å². The summed E-state index contributed by atoms with van der Waals surface area (Å²) in [6.45, 7) is 0.317. The van der Waals surface area contributed by atoms with Crippen LogP contribution in [0.2, 0.25) is 0 Å². The number of rotatable bonds is 4. The maximum atomic E-state index is 12.4. The zero-order valence-electron chi connectivity index (χ0n) is 9.40. The van der Waals surface area contributed by atoms with Gasteiger partial charge in [0, 0.05) is 4.47 Å². The van der Waals surface area contributed by atoms with Gasteiger partial charge in [-0.3, -0.25) is 4.79 Å². The molecular formula is C12H13BrO4. The van der Waals surface area contributed by atoms with Crippen molar-refractivity contribution in [2.24, 2.45) is 5.41 Å². The maximum absolute atomic E-state index is 12.4. The molecule has 0 unspecified atom stereocenters. The van der Waals surface area contributed by atoms with Gasteiger partial charge in [-0.25, -0.2) is 0 Å². The van der Waals surface area contributed by atoms with Gasteiger partial charge in [0.25, 0.3) is 0 Å². The second-order valence-corrected chi connectivity index (χ2v) is 5.02. The topological polar surface area (TPSA) is 55.8 Å². The third kappa shape index (κ3) is 2.10. The molecule has 0 atom stereocenters. The van der Waals surface area contributed by atoms with Crippen molar-refractivity contribution >= 4 is 21.7 Å². The zero-order chi connectivity index (χ0) is 12.5. The number of halogens is 1. The first-order valence-electron chi connectivity index (χ1n) is 5.20. The largest absolute Gasteiger partial charge is 0.496 e. The number of benzene rings is 1. The first kappa shape index (κ1) is 12.5. The molecule has 1 saturated heterocycles. The fourth-order valence-corrected chi connectivity index (χ4v) is 2.15. The molecular weight excluding hydrogens is 288 g/mol. The number of Topliss-reactive ketones (excluding diaryl/α,β-unsaturated/α-hetero) is 1. The highest BCUT2D eigenvalue weighted by Gasteiger charge is 2.46. The summed E-state index contributed by atoms with van der Waals surface area (Å²) in [6.07, 6.45) is 0. The fraction of sp³-hybridized carbons (Fsp3) is 0.417. The summed E-state index contributed by atoms with van der Waals surface area (Å²) in [5.41, 5.74) is -0.326. The van der Waals surface area contributed by atoms with Gasteiger partial charge in [0.2, 0.25) is 0 Å². The van der Waals surface area contributed by atoms with Crippen LogP contribution in [0.5, 0.6) is 5.75 Å². The summed E-state index contributed by atoms with van der Waals surface area (Å²) < 4.78 is 11.0. The Bertz CT molecular complexity index is 435. The monoisotopic (exact) mass is 300 g/mol. The van der Waals surface area contributed by atoms with Crippen LogP contribution in [0.15, 0.2) is 22.7 Å². The summed E-state index contributed by atoms with van der Waals surface area (Å²) in [5, 5.41) is 9.35. The fourth-order valence-electron chi connectivity index (χ4n) is 1.79. The summed E-state index contributed by atoms with van der Waals surface area (Å²) >= 11 is 3.32. The Morgan fingerprint density at radius 3 is 2.76 bits per heavy atom. The molecule has 1 fully saturated rings. The molecule has 0 aliphatic carbocycles. The van der Waals surface area contributed by atoms with E-state index >= 15 is 0 Å². The molecule has 2 rings (SSSR count). The number of aliphatic hydroxyl groups is 1. The number of hydrogen-bond acceptors (Lipinski definition) is 4. The Labute approximate surface area is 108 Å². The van der Waals surface area contributed by atoms with Crippen molar-refractivity contribution in [2.45, 2.75) is 0 Å². The van der Waals surface area contributed by atoms with Crippen molar-refractivity contribution in [3.8, 4) is 5.75 Å². The van der Waals surface area contributed by atoms with Crippen LogP contribution in [0.3, 0.4) is 0 Å². The highest BCUT2D eigenvalue weighted by molar-refractivity contribution is 9.10. The smallest absolute Gasteiger partial charge is 0.179 e. The number of carbonyl (C=O) groups excluding carboxylic acids is 1. The second kappa shape index (κ2) is 4.76. The van der Waals surface area contributed by atoms with Crippen molar-refractivity contribution in [1.82, 2.24) is 0 Å². The lowest BCUT2D eigenvalue weighted by molar-refractivity contribution is -0.109. The normalized spacial score (nSPS) is 17.4. The van der Waals surface area contributed by atoms with E-state index in [9.17, 15) is 9.90 Å². The summed E-state index contributed by atoms with van der Waals surface area (Å²) in [5.74, 6) is 0.377. The average molecular weight is 301 g/mol. The predicted molar refractivity (Wildman–Crippen MR) is 65.4 cm³/mol. The molecule has 0 bridgehead atoms. The Kier molecular flexibility index (Phi) is 3.51. The second-order valence-electron chi connectivity index (χ2n) is 4.10. The molecule has 0 saturated carbocycles. The Morgan fingerprint density at radius 1 is 1.59 bits per heavy atom. The predicted octanol–water partition coefficient (Wildman–Crippen LogP) is 1.65. The van der Waals surface area contributed by atoms with Crippen LogP contribution >= 0.6 is 15.9 Å². The highest BCUT2D eigenvalue weighted by Crippen LogP contribution is 2.35. The van der Waals surface area contributed by atoms with Gasteiger partial charge >= 0.3 is 0 Å². The van der Waals surface area contributed by atoms with Crippen molar-refractivity contribution in [1.29, 1.82) is 0 Å². The number of aliphatic hydroxyl groups excluding tert-OH is 1. The van der Waals surface area contributed by atoms with Crippen LogP contribution in [-0.4, -0.2) is 37.8 Å². The zero-order valence-corrected chi connectivity index (χ0v) is 11.0. The number of hydrogen-bond donors (Lipinski definition) is 1. The minimum Gasteiger partial charge on any atom is -0.496 e. The van der Waals surface area contributed by atoms with Crippen LogP contribution in [0.4, 0.5) is 0 Å². The number of methoxy groups -OCH3 is 1. The lowest BCUT2D eigenvalue weighted by atomic mass is 9.79. The molecule has 1 aromatic carbocycles. The number of carbonyl (C=O) groups is 1. The molecule has 17 heavy (non-hydrogen) atoms. The minimum absolute atomic E-state index is 0.135. The molecule has 1 heterocycles. The molecule has 5 heteroatoms. The summed E-state index contributed by atoms with van der Waals surface area (Å²) in [4.78, 5) is 12.4. The lowest BCUT2D eigenvalue weighted by Crippen LogP contribution is -2.51. The molecule has 0 spiro atoms. The molecule has 0 amide bonds. The van der Waals surface area contributed by atoms with Gasteiger partial charge in [0.05, 0.1) is 32.5 Å². The molecule has 1 aliphatic rings. The van der Waals surface area contributed by atoms with Gasteiger partial charge in [0.1, 0.15) is 11.2 Å². The van der Waals surface area contributed by atoms with E-state index in [-0.39, 0.29) is 25.6 Å². The van der Waals surface area contributed by atoms with Gasteiger partial charge in [-0.2, -0.15) is 0 Å². The van der Waals surface area contributed by atoms with Crippen LogP contribution in [0, 0.1) is 5.41 Å². The Morgan fingerprint density at radius 2 is 2.29 bits per heavy atom. The van der Waals surface area contributed by atoms with Gasteiger partial charge in [-0.15, -0.1) is 0 Å². The third-order valence-corrected chi connectivity index (χ3v) is 3.44. The van der Waals surface area contributed by atoms with Gasteiger partial charge in [-0.05, 0) is 18.2 Å². The van der Waals surface area contributed by atoms with E-state index in [1.54, 1.807) is 18.2 Å². The van der Waals surface area contributed by atoms with E-state index in [0.717, 1.165) is 4.47 Å². The highest BCUT2D eigenvalue weighted by atomic mass is 79.9. The number of ketones is 1. The van der Waals surface area contributed by atoms with Crippen LogP contribution in [0.1, 0.15) is 10.4 Å². The van der Waals surface area contributed by atoms with E-state index in [4.69, 9.17) is 9.47 Å². The van der Waals surface area contributed by atoms with Crippen molar-refractivity contribution in [3.63, 3.8) is 0 Å². The van der Waals surface area contributed by atoms with Gasteiger partial charge < -0.3 is 14.6 Å². The van der Waals surface area contributed by atoms with Crippen molar-refractivity contribution < 1.29 is 19.4 Å². The molecule has 1 aliphatic heterocycles. The first-order valence-corrected chi connectivity index (χ1v) is 5.99. The van der Waals surface area contributed by atoms with Crippen LogP contribution in [0.25, 0.3) is 0 Å². The minimum atomic E-state index is -0.798. The molecule has 4 nitrogen and oxygen atoms in total. The number of ether oxygens (including phenoxy) is 2. The first-order chi connectivity index (χ1) is 8.13. The van der Waals surface area contributed by atoms with E-state index < -0.39 is 5.41 Å². The van der Waals surface area contributed by atoms with Crippen molar-refractivity contribution in [3.05, 3.63) is 28.2 Å². The standard InChI is InChI=1S/C12H13BrO4/c1-16-10-3-2-8(13)4-9(10)11(15)12(5-14)6-17-7-12/h2-4,14H,5-7H2,1H3. The van der Waals surface area contributed by atoms with E-state index in [1.165, 1.54) is 7.11 Å². The SMILES string of the molecule is COc1ccc(Br)cc1C(=O)C1(CO)COC1. The summed E-state index contributed by atoms with van der Waals surface area (Å²) in [6, 6.07) is 5.23. The van der Waals surface area contributed by atoms with E-state index in [2.05, 4.69) is 15.9 Å². The van der Waals surface area contributed by atoms with E-state index in [1.807, 2.05) is 0 Å². The molecule has 92 valence electrons.